The Balaban J connectivity index is 1.87. The number of carbonyl (C=O) groups excluding carboxylic acids is 1. The average Bonchev–Trinajstić information content (AvgIpc) is 3.12. The molecule has 2 heterocycles. The number of nitrogens with zero attached hydrogens (tertiary/aromatic N) is 3. The van der Waals surface area contributed by atoms with Crippen LogP contribution in [0.2, 0.25) is 0 Å². The fraction of sp³-hybridized carbons (Fsp3) is 0.188. The quantitative estimate of drug-likeness (QED) is 0.713. The van der Waals surface area contributed by atoms with Gasteiger partial charge in [-0.2, -0.15) is 18.3 Å². The van der Waals surface area contributed by atoms with Gasteiger partial charge < -0.3 is 4.42 Å². The molecule has 5 nitrogen and oxygen atoms in total. The Morgan fingerprint density at radius 2 is 1.79 bits per heavy atom. The number of rotatable bonds is 2. The molecule has 0 N–H and O–H groups in total. The number of oxazole rings is 1. The van der Waals surface area contributed by atoms with Gasteiger partial charge in [-0.1, -0.05) is 0 Å². The van der Waals surface area contributed by atoms with Crippen molar-refractivity contribution in [3.8, 4) is 11.5 Å². The zero-order chi connectivity index (χ0) is 17.5. The molecule has 0 saturated carbocycles. The van der Waals surface area contributed by atoms with Crippen LogP contribution in [0.5, 0.6) is 0 Å². The van der Waals surface area contributed by atoms with E-state index in [0.717, 1.165) is 28.9 Å². The second-order valence-electron chi connectivity index (χ2n) is 5.17. The molecule has 0 aliphatic heterocycles. The van der Waals surface area contributed by atoms with Gasteiger partial charge in [-0.05, 0) is 37.3 Å². The number of halogens is 3. The van der Waals surface area contributed by atoms with Gasteiger partial charge in [0.15, 0.2) is 11.7 Å². The predicted molar refractivity (Wildman–Crippen MR) is 78.4 cm³/mol. The highest BCUT2D eigenvalue weighted by molar-refractivity contribution is 5.95. The smallest absolute Gasteiger partial charge is 0.416 e. The molecule has 0 spiro atoms. The number of carbonyl (C=O) groups is 1. The van der Waals surface area contributed by atoms with Crippen LogP contribution < -0.4 is 0 Å². The summed E-state index contributed by atoms with van der Waals surface area (Å²) in [6.45, 7) is 3.45. The van der Waals surface area contributed by atoms with Crippen LogP contribution in [0.3, 0.4) is 0 Å². The third-order valence-electron chi connectivity index (χ3n) is 3.39. The average molecular weight is 335 g/mol. The summed E-state index contributed by atoms with van der Waals surface area (Å²) in [5.74, 6) is 0.390. The lowest BCUT2D eigenvalue weighted by Gasteiger charge is -2.07. The summed E-state index contributed by atoms with van der Waals surface area (Å²) < 4.78 is 44.1. The van der Waals surface area contributed by atoms with E-state index < -0.39 is 17.6 Å². The second-order valence-corrected chi connectivity index (χ2v) is 5.17. The minimum Gasteiger partial charge on any atom is -0.439 e. The zero-order valence-electron chi connectivity index (χ0n) is 12.8. The van der Waals surface area contributed by atoms with E-state index in [-0.39, 0.29) is 5.56 Å². The van der Waals surface area contributed by atoms with Gasteiger partial charge >= 0.3 is 6.18 Å². The fourth-order valence-electron chi connectivity index (χ4n) is 2.26. The van der Waals surface area contributed by atoms with Gasteiger partial charge in [0.1, 0.15) is 5.69 Å². The molecular weight excluding hydrogens is 323 g/mol. The molecule has 0 aliphatic rings. The highest BCUT2D eigenvalue weighted by atomic mass is 19.4. The SMILES string of the molecule is Cc1nc(C)c(-c2ccn(C(=O)c3ccc(C(F)(F)F)cc3)n2)o1. The molecule has 8 heteroatoms. The van der Waals surface area contributed by atoms with Crippen LogP contribution in [0, 0.1) is 13.8 Å². The standard InChI is InChI=1S/C16H12F3N3O2/c1-9-14(24-10(2)20-9)13-7-8-22(21-13)15(23)11-3-5-12(6-4-11)16(17,18)19/h3-8H,1-2H3. The first-order valence-corrected chi connectivity index (χ1v) is 6.98. The third-order valence-corrected chi connectivity index (χ3v) is 3.39. The largest absolute Gasteiger partial charge is 0.439 e. The van der Waals surface area contributed by atoms with Crippen molar-refractivity contribution in [2.75, 3.05) is 0 Å². The summed E-state index contributed by atoms with van der Waals surface area (Å²) in [6.07, 6.45) is -3.02. The predicted octanol–water partition coefficient (Wildman–Crippen LogP) is 3.86. The Labute approximate surface area is 134 Å². The first-order valence-electron chi connectivity index (χ1n) is 6.98. The van der Waals surface area contributed by atoms with Crippen LogP contribution in [0.25, 0.3) is 11.5 Å². The van der Waals surface area contributed by atoms with Crippen LogP contribution in [0.15, 0.2) is 40.9 Å². The number of hydrogen-bond acceptors (Lipinski definition) is 4. The Morgan fingerprint density at radius 3 is 2.33 bits per heavy atom. The van der Waals surface area contributed by atoms with E-state index in [1.165, 1.54) is 6.20 Å². The number of alkyl halides is 3. The van der Waals surface area contributed by atoms with E-state index in [4.69, 9.17) is 4.42 Å². The summed E-state index contributed by atoms with van der Waals surface area (Å²) in [5.41, 5.74) is 0.351. The molecule has 3 rings (SSSR count). The fourth-order valence-corrected chi connectivity index (χ4v) is 2.26. The van der Waals surface area contributed by atoms with Crippen molar-refractivity contribution >= 4 is 5.91 Å². The van der Waals surface area contributed by atoms with Crippen molar-refractivity contribution in [1.29, 1.82) is 0 Å². The topological polar surface area (TPSA) is 60.9 Å². The van der Waals surface area contributed by atoms with E-state index in [1.54, 1.807) is 19.9 Å². The maximum atomic E-state index is 12.6. The monoisotopic (exact) mass is 335 g/mol. The van der Waals surface area contributed by atoms with Crippen molar-refractivity contribution in [3.63, 3.8) is 0 Å². The van der Waals surface area contributed by atoms with E-state index >= 15 is 0 Å². The summed E-state index contributed by atoms with van der Waals surface area (Å²) >= 11 is 0. The Morgan fingerprint density at radius 1 is 1.12 bits per heavy atom. The van der Waals surface area contributed by atoms with Crippen molar-refractivity contribution in [1.82, 2.24) is 14.8 Å². The molecule has 0 unspecified atom stereocenters. The summed E-state index contributed by atoms with van der Waals surface area (Å²) in [5, 5.41) is 4.11. The molecule has 0 amide bonds. The van der Waals surface area contributed by atoms with Gasteiger partial charge in [-0.25, -0.2) is 9.67 Å². The lowest BCUT2D eigenvalue weighted by molar-refractivity contribution is -0.137. The molecular formula is C16H12F3N3O2. The molecule has 0 atom stereocenters. The molecule has 1 aromatic carbocycles. The lowest BCUT2D eigenvalue weighted by Crippen LogP contribution is -2.13. The van der Waals surface area contributed by atoms with Gasteiger partial charge in [0.05, 0.1) is 11.3 Å². The van der Waals surface area contributed by atoms with Crippen LogP contribution in [0.1, 0.15) is 27.5 Å². The van der Waals surface area contributed by atoms with Gasteiger partial charge in [0.2, 0.25) is 0 Å². The summed E-state index contributed by atoms with van der Waals surface area (Å²) in [7, 11) is 0. The Bertz CT molecular complexity index is 892. The van der Waals surface area contributed by atoms with Crippen LogP contribution in [-0.4, -0.2) is 20.7 Å². The van der Waals surface area contributed by atoms with Crippen molar-refractivity contribution < 1.29 is 22.4 Å². The zero-order valence-corrected chi connectivity index (χ0v) is 12.8. The van der Waals surface area contributed by atoms with Crippen molar-refractivity contribution in [2.45, 2.75) is 20.0 Å². The molecule has 0 bridgehead atoms. The van der Waals surface area contributed by atoms with E-state index in [2.05, 4.69) is 10.1 Å². The molecule has 2 aromatic heterocycles. The first-order chi connectivity index (χ1) is 11.3. The lowest BCUT2D eigenvalue weighted by atomic mass is 10.1. The molecule has 0 radical (unpaired) electrons. The van der Waals surface area contributed by atoms with Crippen LogP contribution >= 0.6 is 0 Å². The molecule has 0 fully saturated rings. The Kier molecular flexibility index (Phi) is 3.75. The third kappa shape index (κ3) is 2.94. The summed E-state index contributed by atoms with van der Waals surface area (Å²) in [4.78, 5) is 16.4. The van der Waals surface area contributed by atoms with Crippen LogP contribution in [-0.2, 0) is 6.18 Å². The normalized spacial score (nSPS) is 11.7. The number of aromatic nitrogens is 3. The van der Waals surface area contributed by atoms with Gasteiger partial charge in [0.25, 0.3) is 5.91 Å². The van der Waals surface area contributed by atoms with Gasteiger partial charge in [-0.3, -0.25) is 4.79 Å². The molecule has 3 aromatic rings. The number of hydrogen-bond donors (Lipinski definition) is 0. The van der Waals surface area contributed by atoms with E-state index in [1.807, 2.05) is 0 Å². The summed E-state index contributed by atoms with van der Waals surface area (Å²) in [6, 6.07) is 5.55. The molecule has 0 aliphatic carbocycles. The Hall–Kier alpha value is -2.90. The number of aryl methyl sites for hydroxylation is 2. The molecule has 24 heavy (non-hydrogen) atoms. The highest BCUT2D eigenvalue weighted by Crippen LogP contribution is 2.29. The van der Waals surface area contributed by atoms with E-state index in [0.29, 0.717) is 23.0 Å². The van der Waals surface area contributed by atoms with Crippen LogP contribution in [0.4, 0.5) is 13.2 Å². The second kappa shape index (κ2) is 5.63. The van der Waals surface area contributed by atoms with Crippen molar-refractivity contribution in [2.24, 2.45) is 0 Å². The van der Waals surface area contributed by atoms with Gasteiger partial charge in [0, 0.05) is 18.7 Å². The van der Waals surface area contributed by atoms with E-state index in [9.17, 15) is 18.0 Å². The highest BCUT2D eigenvalue weighted by Gasteiger charge is 2.30. The van der Waals surface area contributed by atoms with Crippen molar-refractivity contribution in [3.05, 3.63) is 59.2 Å². The number of benzene rings is 1. The maximum Gasteiger partial charge on any atom is 0.416 e. The maximum absolute atomic E-state index is 12.6. The first kappa shape index (κ1) is 16.0. The molecule has 124 valence electrons. The minimum atomic E-state index is -4.44. The van der Waals surface area contributed by atoms with Gasteiger partial charge in [-0.15, -0.1) is 0 Å². The minimum absolute atomic E-state index is 0.100. The molecule has 0 saturated heterocycles.